The van der Waals surface area contributed by atoms with Crippen molar-refractivity contribution in [3.8, 4) is 0 Å². The van der Waals surface area contributed by atoms with Gasteiger partial charge in [-0.05, 0) is 37.1 Å². The molecule has 0 aliphatic carbocycles. The molecule has 3 amide bonds. The summed E-state index contributed by atoms with van der Waals surface area (Å²) in [5, 5.41) is 5.46. The molecule has 3 aromatic rings. The lowest BCUT2D eigenvalue weighted by atomic mass is 10.0. The number of aromatic nitrogens is 3. The Kier molecular flexibility index (Phi) is 7.07. The van der Waals surface area contributed by atoms with Crippen LogP contribution in [0.4, 0.5) is 10.2 Å². The molecule has 1 saturated heterocycles. The second-order valence-corrected chi connectivity index (χ2v) is 7.93. The van der Waals surface area contributed by atoms with E-state index in [1.807, 2.05) is 0 Å². The van der Waals surface area contributed by atoms with Gasteiger partial charge in [0.15, 0.2) is 11.5 Å². The van der Waals surface area contributed by atoms with Crippen molar-refractivity contribution in [1.29, 1.82) is 0 Å². The molecule has 0 radical (unpaired) electrons. The zero-order valence-electron chi connectivity index (χ0n) is 17.9. The van der Waals surface area contributed by atoms with Crippen LogP contribution in [-0.2, 0) is 0 Å². The monoisotopic (exact) mass is 482 g/mol. The molecule has 4 rings (SSSR count). The Labute approximate surface area is 199 Å². The maximum Gasteiger partial charge on any atom is 0.273 e. The van der Waals surface area contributed by atoms with Crippen molar-refractivity contribution in [2.24, 2.45) is 0 Å². The largest absolute Gasteiger partial charge is 0.348 e. The summed E-state index contributed by atoms with van der Waals surface area (Å²) in [4.78, 5) is 51.6. The molecule has 0 bridgehead atoms. The maximum atomic E-state index is 13.9. The predicted molar refractivity (Wildman–Crippen MR) is 122 cm³/mol. The summed E-state index contributed by atoms with van der Waals surface area (Å²) >= 11 is 6.02. The summed E-state index contributed by atoms with van der Waals surface area (Å²) in [6.07, 6.45) is 5.20. The third-order valence-corrected chi connectivity index (χ3v) is 5.67. The summed E-state index contributed by atoms with van der Waals surface area (Å²) in [5.74, 6) is -2.25. The lowest BCUT2D eigenvalue weighted by Gasteiger charge is -2.32. The molecule has 0 atom stereocenters. The predicted octanol–water partition coefficient (Wildman–Crippen LogP) is 2.95. The first kappa shape index (κ1) is 23.2. The highest BCUT2D eigenvalue weighted by molar-refractivity contribution is 6.32. The molecule has 0 spiro atoms. The molecule has 1 fully saturated rings. The van der Waals surface area contributed by atoms with Crippen LogP contribution in [0.5, 0.6) is 0 Å². The van der Waals surface area contributed by atoms with Gasteiger partial charge in [-0.3, -0.25) is 14.4 Å². The first-order valence-corrected chi connectivity index (χ1v) is 10.9. The number of nitrogens with one attached hydrogen (secondary N) is 2. The highest BCUT2D eigenvalue weighted by Gasteiger charge is 2.27. The van der Waals surface area contributed by atoms with Gasteiger partial charge in [-0.15, -0.1) is 0 Å². The molecule has 1 aliphatic rings. The number of carbonyl (C=O) groups excluding carboxylic acids is 3. The fourth-order valence-corrected chi connectivity index (χ4v) is 3.81. The number of benzene rings is 1. The smallest absolute Gasteiger partial charge is 0.273 e. The molecule has 11 heteroatoms. The minimum absolute atomic E-state index is 0.0768. The number of hydrogen-bond acceptors (Lipinski definition) is 6. The van der Waals surface area contributed by atoms with Gasteiger partial charge in [0.2, 0.25) is 0 Å². The van der Waals surface area contributed by atoms with Crippen molar-refractivity contribution >= 4 is 35.1 Å². The SMILES string of the molecule is O=C(Nc1nccnc1C(=O)NC1CCN(C(=O)c2cccnc2Cl)CC1)c1ccccc1F. The zero-order valence-corrected chi connectivity index (χ0v) is 18.6. The van der Waals surface area contributed by atoms with Gasteiger partial charge in [-0.25, -0.2) is 19.3 Å². The molecular formula is C23H20ClFN6O3. The number of likely N-dealkylation sites (tertiary alicyclic amines) is 1. The van der Waals surface area contributed by atoms with Crippen LogP contribution in [0.2, 0.25) is 5.15 Å². The van der Waals surface area contributed by atoms with Gasteiger partial charge in [0.1, 0.15) is 11.0 Å². The average molecular weight is 483 g/mol. The molecule has 1 aromatic carbocycles. The van der Waals surface area contributed by atoms with Crippen molar-refractivity contribution in [2.75, 3.05) is 18.4 Å². The van der Waals surface area contributed by atoms with Crippen molar-refractivity contribution in [2.45, 2.75) is 18.9 Å². The van der Waals surface area contributed by atoms with Crippen LogP contribution in [0.25, 0.3) is 0 Å². The molecular weight excluding hydrogens is 463 g/mol. The number of pyridine rings is 1. The fourth-order valence-electron chi connectivity index (χ4n) is 3.61. The molecule has 174 valence electrons. The topological polar surface area (TPSA) is 117 Å². The minimum Gasteiger partial charge on any atom is -0.348 e. The van der Waals surface area contributed by atoms with Gasteiger partial charge in [-0.1, -0.05) is 23.7 Å². The molecule has 34 heavy (non-hydrogen) atoms. The van der Waals surface area contributed by atoms with Crippen LogP contribution in [0.15, 0.2) is 55.0 Å². The van der Waals surface area contributed by atoms with Crippen molar-refractivity contribution in [3.05, 3.63) is 82.8 Å². The molecule has 3 heterocycles. The molecule has 2 N–H and O–H groups in total. The summed E-state index contributed by atoms with van der Waals surface area (Å²) in [7, 11) is 0. The molecule has 0 saturated carbocycles. The molecule has 1 aliphatic heterocycles. The lowest BCUT2D eigenvalue weighted by Crippen LogP contribution is -2.46. The zero-order chi connectivity index (χ0) is 24.1. The van der Waals surface area contributed by atoms with Gasteiger partial charge in [-0.2, -0.15) is 0 Å². The number of halogens is 2. The normalized spacial score (nSPS) is 13.9. The number of piperidine rings is 1. The van der Waals surface area contributed by atoms with Gasteiger partial charge < -0.3 is 15.5 Å². The summed E-state index contributed by atoms with van der Waals surface area (Å²) in [6, 6.07) is 8.55. The highest BCUT2D eigenvalue weighted by Crippen LogP contribution is 2.19. The molecule has 2 aromatic heterocycles. The minimum atomic E-state index is -0.742. The Bertz CT molecular complexity index is 1230. The van der Waals surface area contributed by atoms with E-state index in [1.165, 1.54) is 42.9 Å². The Hall–Kier alpha value is -3.92. The first-order valence-electron chi connectivity index (χ1n) is 10.5. The van der Waals surface area contributed by atoms with E-state index in [9.17, 15) is 18.8 Å². The van der Waals surface area contributed by atoms with E-state index in [0.29, 0.717) is 31.5 Å². The van der Waals surface area contributed by atoms with E-state index in [2.05, 4.69) is 25.6 Å². The number of nitrogens with zero attached hydrogens (tertiary/aromatic N) is 4. The van der Waals surface area contributed by atoms with Crippen LogP contribution in [-0.4, -0.2) is 56.7 Å². The average Bonchev–Trinajstić information content (AvgIpc) is 2.85. The second-order valence-electron chi connectivity index (χ2n) is 7.57. The Balaban J connectivity index is 1.38. The second kappa shape index (κ2) is 10.3. The van der Waals surface area contributed by atoms with Gasteiger partial charge in [0.25, 0.3) is 17.7 Å². The number of rotatable bonds is 5. The van der Waals surface area contributed by atoms with Crippen LogP contribution >= 0.6 is 11.6 Å². The van der Waals surface area contributed by atoms with Gasteiger partial charge in [0.05, 0.1) is 11.1 Å². The van der Waals surface area contributed by atoms with E-state index in [0.717, 1.165) is 0 Å². The van der Waals surface area contributed by atoms with E-state index in [4.69, 9.17) is 11.6 Å². The number of hydrogen-bond donors (Lipinski definition) is 2. The fraction of sp³-hybridized carbons (Fsp3) is 0.217. The number of amides is 3. The summed E-state index contributed by atoms with van der Waals surface area (Å²) in [6.45, 7) is 0.846. The maximum absolute atomic E-state index is 13.9. The molecule has 9 nitrogen and oxygen atoms in total. The number of anilines is 1. The summed E-state index contributed by atoms with van der Waals surface area (Å²) in [5.41, 5.74) is 0.0690. The third kappa shape index (κ3) is 5.18. The lowest BCUT2D eigenvalue weighted by molar-refractivity contribution is 0.0697. The molecule has 0 unspecified atom stereocenters. The Morgan fingerprint density at radius 3 is 2.35 bits per heavy atom. The van der Waals surface area contributed by atoms with E-state index in [-0.39, 0.29) is 34.2 Å². The first-order chi connectivity index (χ1) is 16.4. The van der Waals surface area contributed by atoms with Crippen LogP contribution in [0.1, 0.15) is 44.0 Å². The Morgan fingerprint density at radius 1 is 0.912 bits per heavy atom. The quantitative estimate of drug-likeness (QED) is 0.540. The van der Waals surface area contributed by atoms with Gasteiger partial charge >= 0.3 is 0 Å². The van der Waals surface area contributed by atoms with Crippen LogP contribution in [0, 0.1) is 5.82 Å². The van der Waals surface area contributed by atoms with Gasteiger partial charge in [0, 0.05) is 37.7 Å². The third-order valence-electron chi connectivity index (χ3n) is 5.37. The number of carbonyl (C=O) groups is 3. The Morgan fingerprint density at radius 2 is 1.62 bits per heavy atom. The standard InChI is InChI=1S/C23H20ClFN6O3/c24-19-16(5-3-9-27-19)23(34)31-12-7-14(8-13-31)29-22(33)18-20(28-11-10-26-18)30-21(32)15-4-1-2-6-17(15)25/h1-6,9-11,14H,7-8,12-13H2,(H,29,33)(H,28,30,32). The van der Waals surface area contributed by atoms with E-state index < -0.39 is 17.6 Å². The van der Waals surface area contributed by atoms with Crippen molar-refractivity contribution in [3.63, 3.8) is 0 Å². The van der Waals surface area contributed by atoms with Crippen molar-refractivity contribution < 1.29 is 18.8 Å². The van der Waals surface area contributed by atoms with Crippen LogP contribution in [0.3, 0.4) is 0 Å². The van der Waals surface area contributed by atoms with E-state index in [1.54, 1.807) is 17.0 Å². The van der Waals surface area contributed by atoms with Crippen LogP contribution < -0.4 is 10.6 Å². The summed E-state index contributed by atoms with van der Waals surface area (Å²) < 4.78 is 13.9. The highest BCUT2D eigenvalue weighted by atomic mass is 35.5. The van der Waals surface area contributed by atoms with E-state index >= 15 is 0 Å². The van der Waals surface area contributed by atoms with Crippen molar-refractivity contribution in [1.82, 2.24) is 25.2 Å².